The Hall–Kier alpha value is -0.470. The third kappa shape index (κ3) is 4.26. The minimum absolute atomic E-state index is 0.0633. The minimum atomic E-state index is -3.37. The highest BCUT2D eigenvalue weighted by Gasteiger charge is 2.24. The van der Waals surface area contributed by atoms with E-state index in [4.69, 9.17) is 0 Å². The van der Waals surface area contributed by atoms with Crippen molar-refractivity contribution in [3.8, 4) is 0 Å². The van der Waals surface area contributed by atoms with Crippen molar-refractivity contribution in [2.24, 2.45) is 0 Å². The fourth-order valence-electron chi connectivity index (χ4n) is 2.26. The van der Waals surface area contributed by atoms with Gasteiger partial charge in [0.15, 0.2) is 0 Å². The molecule has 2 N–H and O–H groups in total. The second kappa shape index (κ2) is 7.00. The van der Waals surface area contributed by atoms with E-state index < -0.39 is 10.0 Å². The second-order valence-electron chi connectivity index (χ2n) is 5.23. The lowest BCUT2D eigenvalue weighted by atomic mass is 10.1. The molecule has 114 valence electrons. The molecule has 20 heavy (non-hydrogen) atoms. The Morgan fingerprint density at radius 3 is 2.75 bits per heavy atom. The number of likely N-dealkylation sites (tertiary alicyclic amines) is 1. The fraction of sp³-hybridized carbons (Fsp3) is 0.692. The molecular weight excluding hydrogens is 294 g/mol. The lowest BCUT2D eigenvalue weighted by molar-refractivity contribution is 0.248. The van der Waals surface area contributed by atoms with Crippen LogP contribution in [0.2, 0.25) is 0 Å². The first-order chi connectivity index (χ1) is 9.51. The van der Waals surface area contributed by atoms with E-state index in [1.807, 2.05) is 6.92 Å². The zero-order chi connectivity index (χ0) is 14.6. The van der Waals surface area contributed by atoms with Crippen LogP contribution < -0.4 is 10.0 Å². The Morgan fingerprint density at radius 2 is 2.10 bits per heavy atom. The highest BCUT2D eigenvalue weighted by Crippen LogP contribution is 2.20. The third-order valence-electron chi connectivity index (χ3n) is 3.53. The SMILES string of the molecule is CCNCc1cc(S(=O)(=O)NC2CCN(C)CC2)cs1. The molecule has 1 saturated heterocycles. The van der Waals surface area contributed by atoms with E-state index >= 15 is 0 Å². The van der Waals surface area contributed by atoms with Crippen LogP contribution in [0, 0.1) is 0 Å². The van der Waals surface area contributed by atoms with Crippen molar-refractivity contribution in [3.05, 3.63) is 16.3 Å². The Morgan fingerprint density at radius 1 is 1.40 bits per heavy atom. The van der Waals surface area contributed by atoms with Gasteiger partial charge in [-0.1, -0.05) is 6.92 Å². The number of thiophene rings is 1. The molecule has 1 fully saturated rings. The maximum Gasteiger partial charge on any atom is 0.241 e. The van der Waals surface area contributed by atoms with Crippen LogP contribution in [-0.4, -0.2) is 46.0 Å². The van der Waals surface area contributed by atoms with Crippen molar-refractivity contribution in [3.63, 3.8) is 0 Å². The van der Waals surface area contributed by atoms with Gasteiger partial charge in [0, 0.05) is 22.8 Å². The molecule has 0 aliphatic carbocycles. The molecule has 0 atom stereocenters. The van der Waals surface area contributed by atoms with E-state index in [1.165, 1.54) is 11.3 Å². The quantitative estimate of drug-likeness (QED) is 0.828. The molecule has 0 amide bonds. The number of hydrogen-bond donors (Lipinski definition) is 2. The molecule has 5 nitrogen and oxygen atoms in total. The number of rotatable bonds is 6. The van der Waals surface area contributed by atoms with Gasteiger partial charge >= 0.3 is 0 Å². The predicted octanol–water partition coefficient (Wildman–Crippen LogP) is 1.23. The summed E-state index contributed by atoms with van der Waals surface area (Å²) >= 11 is 1.49. The maximum atomic E-state index is 12.3. The molecule has 1 aliphatic rings. The summed E-state index contributed by atoms with van der Waals surface area (Å²) in [6.45, 7) is 5.54. The van der Waals surface area contributed by atoms with Crippen LogP contribution in [0.15, 0.2) is 16.3 Å². The van der Waals surface area contributed by atoms with Crippen molar-refractivity contribution in [2.45, 2.75) is 37.2 Å². The van der Waals surface area contributed by atoms with Gasteiger partial charge in [0.25, 0.3) is 0 Å². The summed E-state index contributed by atoms with van der Waals surface area (Å²) in [5, 5.41) is 4.93. The largest absolute Gasteiger partial charge is 0.312 e. The average Bonchev–Trinajstić information content (AvgIpc) is 2.88. The van der Waals surface area contributed by atoms with Gasteiger partial charge in [-0.05, 0) is 45.6 Å². The molecule has 0 spiro atoms. The van der Waals surface area contributed by atoms with E-state index in [0.29, 0.717) is 4.90 Å². The molecule has 1 aromatic heterocycles. The number of hydrogen-bond acceptors (Lipinski definition) is 5. The van der Waals surface area contributed by atoms with E-state index in [-0.39, 0.29) is 6.04 Å². The summed E-state index contributed by atoms with van der Waals surface area (Å²) in [7, 11) is -1.30. The molecule has 0 aromatic carbocycles. The van der Waals surface area contributed by atoms with E-state index in [9.17, 15) is 8.42 Å². The van der Waals surface area contributed by atoms with E-state index in [0.717, 1.165) is 43.9 Å². The Kier molecular flexibility index (Phi) is 5.57. The first-order valence-corrected chi connectivity index (χ1v) is 9.36. The normalized spacial score (nSPS) is 18.5. The summed E-state index contributed by atoms with van der Waals surface area (Å²) in [5.41, 5.74) is 0. The summed E-state index contributed by atoms with van der Waals surface area (Å²) in [5.74, 6) is 0. The average molecular weight is 317 g/mol. The molecule has 0 bridgehead atoms. The fourth-order valence-corrected chi connectivity index (χ4v) is 4.81. The molecule has 7 heteroatoms. The lowest BCUT2D eigenvalue weighted by Crippen LogP contribution is -2.43. The van der Waals surface area contributed by atoms with Crippen LogP contribution in [0.1, 0.15) is 24.6 Å². The smallest absolute Gasteiger partial charge is 0.241 e. The van der Waals surface area contributed by atoms with Crippen molar-refractivity contribution in [1.82, 2.24) is 14.9 Å². The van der Waals surface area contributed by atoms with Gasteiger partial charge in [-0.15, -0.1) is 11.3 Å². The van der Waals surface area contributed by atoms with E-state index in [1.54, 1.807) is 11.4 Å². The topological polar surface area (TPSA) is 61.4 Å². The molecule has 2 rings (SSSR count). The first kappa shape index (κ1) is 15.9. The summed E-state index contributed by atoms with van der Waals surface area (Å²) in [4.78, 5) is 3.68. The first-order valence-electron chi connectivity index (χ1n) is 7.00. The Balaban J connectivity index is 1.97. The van der Waals surface area contributed by atoms with Crippen LogP contribution >= 0.6 is 11.3 Å². The molecule has 0 saturated carbocycles. The molecule has 2 heterocycles. The number of nitrogens with one attached hydrogen (secondary N) is 2. The molecule has 0 unspecified atom stereocenters. The second-order valence-corrected chi connectivity index (χ2v) is 7.94. The van der Waals surface area contributed by atoms with Crippen molar-refractivity contribution >= 4 is 21.4 Å². The van der Waals surface area contributed by atoms with Crippen LogP contribution in [0.25, 0.3) is 0 Å². The van der Waals surface area contributed by atoms with Gasteiger partial charge in [-0.3, -0.25) is 0 Å². The van der Waals surface area contributed by atoms with Gasteiger partial charge in [0.2, 0.25) is 10.0 Å². The van der Waals surface area contributed by atoms with Crippen molar-refractivity contribution < 1.29 is 8.42 Å². The van der Waals surface area contributed by atoms with Crippen molar-refractivity contribution in [1.29, 1.82) is 0 Å². The predicted molar refractivity (Wildman–Crippen MR) is 82.5 cm³/mol. The zero-order valence-electron chi connectivity index (χ0n) is 12.1. The van der Waals surface area contributed by atoms with E-state index in [2.05, 4.69) is 22.0 Å². The Labute approximate surface area is 125 Å². The van der Waals surface area contributed by atoms with Gasteiger partial charge in [-0.2, -0.15) is 0 Å². The van der Waals surface area contributed by atoms with Crippen molar-refractivity contribution in [2.75, 3.05) is 26.7 Å². The maximum absolute atomic E-state index is 12.3. The summed E-state index contributed by atoms with van der Waals surface area (Å²) in [6, 6.07) is 1.83. The van der Waals surface area contributed by atoms with Crippen LogP contribution in [0.4, 0.5) is 0 Å². The van der Waals surface area contributed by atoms with Gasteiger partial charge in [0.1, 0.15) is 0 Å². The molecule has 1 aliphatic heterocycles. The molecular formula is C13H23N3O2S2. The van der Waals surface area contributed by atoms with Gasteiger partial charge in [0.05, 0.1) is 4.90 Å². The van der Waals surface area contributed by atoms with Crippen LogP contribution in [0.5, 0.6) is 0 Å². The standard InChI is InChI=1S/C13H23N3O2S2/c1-3-14-9-12-8-13(10-19-12)20(17,18)15-11-4-6-16(2)7-5-11/h8,10-11,14-15H,3-7,9H2,1-2H3. The highest BCUT2D eigenvalue weighted by atomic mass is 32.2. The highest BCUT2D eigenvalue weighted by molar-refractivity contribution is 7.89. The number of sulfonamides is 1. The third-order valence-corrected chi connectivity index (χ3v) is 6.12. The zero-order valence-corrected chi connectivity index (χ0v) is 13.7. The molecule has 0 radical (unpaired) electrons. The summed E-state index contributed by atoms with van der Waals surface area (Å²) in [6.07, 6.45) is 1.76. The lowest BCUT2D eigenvalue weighted by Gasteiger charge is -2.29. The monoisotopic (exact) mass is 317 g/mol. The minimum Gasteiger partial charge on any atom is -0.312 e. The summed E-state index contributed by atoms with van der Waals surface area (Å²) < 4.78 is 27.5. The molecule has 1 aromatic rings. The van der Waals surface area contributed by atoms with Crippen LogP contribution in [0.3, 0.4) is 0 Å². The van der Waals surface area contributed by atoms with Gasteiger partial charge in [-0.25, -0.2) is 13.1 Å². The van der Waals surface area contributed by atoms with Crippen LogP contribution in [-0.2, 0) is 16.6 Å². The Bertz CT molecular complexity index is 519. The number of piperidine rings is 1. The van der Waals surface area contributed by atoms with Gasteiger partial charge < -0.3 is 10.2 Å². The number of nitrogens with zero attached hydrogens (tertiary/aromatic N) is 1.